The van der Waals surface area contributed by atoms with E-state index in [4.69, 9.17) is 5.11 Å². The second-order valence-corrected chi connectivity index (χ2v) is 3.72. The molecule has 0 aromatic heterocycles. The van der Waals surface area contributed by atoms with Gasteiger partial charge in [0, 0.05) is 0 Å². The lowest BCUT2D eigenvalue weighted by Crippen LogP contribution is -2.31. The van der Waals surface area contributed by atoms with Crippen molar-refractivity contribution in [1.82, 2.24) is 0 Å². The fourth-order valence-corrected chi connectivity index (χ4v) is 1.63. The second-order valence-electron chi connectivity index (χ2n) is 3.72. The zero-order valence-electron chi connectivity index (χ0n) is 8.66. The molecule has 0 rings (SSSR count). The van der Waals surface area contributed by atoms with Crippen LogP contribution in [-0.2, 0) is 4.79 Å². The highest BCUT2D eigenvalue weighted by Gasteiger charge is 2.28. The van der Waals surface area contributed by atoms with Gasteiger partial charge in [-0.05, 0) is 19.3 Å². The van der Waals surface area contributed by atoms with E-state index >= 15 is 0 Å². The average molecular weight is 188 g/mol. The van der Waals surface area contributed by atoms with Gasteiger partial charge in [0.05, 0.1) is 12.0 Å². The van der Waals surface area contributed by atoms with Crippen molar-refractivity contribution >= 4 is 5.97 Å². The van der Waals surface area contributed by atoms with E-state index in [1.807, 2.05) is 6.92 Å². The Morgan fingerprint density at radius 1 is 1.38 bits per heavy atom. The van der Waals surface area contributed by atoms with Gasteiger partial charge >= 0.3 is 5.97 Å². The van der Waals surface area contributed by atoms with E-state index in [1.165, 1.54) is 0 Å². The largest absolute Gasteiger partial charge is 0.481 e. The number of rotatable bonds is 6. The molecule has 0 aliphatic carbocycles. The van der Waals surface area contributed by atoms with Crippen LogP contribution >= 0.6 is 0 Å². The number of carbonyl (C=O) groups is 1. The van der Waals surface area contributed by atoms with E-state index in [0.717, 1.165) is 19.3 Å². The summed E-state index contributed by atoms with van der Waals surface area (Å²) in [7, 11) is 0. The van der Waals surface area contributed by atoms with Gasteiger partial charge in [-0.25, -0.2) is 0 Å². The van der Waals surface area contributed by atoms with Crippen molar-refractivity contribution in [1.29, 1.82) is 0 Å². The molecule has 0 aromatic rings. The maximum atomic E-state index is 10.8. The molecule has 0 amide bonds. The van der Waals surface area contributed by atoms with Crippen LogP contribution in [0.1, 0.15) is 40.0 Å². The summed E-state index contributed by atoms with van der Waals surface area (Å²) in [6.45, 7) is 5.51. The van der Waals surface area contributed by atoms with Gasteiger partial charge in [-0.3, -0.25) is 4.79 Å². The van der Waals surface area contributed by atoms with Crippen molar-refractivity contribution < 1.29 is 15.0 Å². The zero-order valence-corrected chi connectivity index (χ0v) is 8.66. The first-order chi connectivity index (χ1) is 6.00. The maximum Gasteiger partial charge on any atom is 0.309 e. The summed E-state index contributed by atoms with van der Waals surface area (Å²) in [6, 6.07) is 0. The predicted molar refractivity (Wildman–Crippen MR) is 51.5 cm³/mol. The lowest BCUT2D eigenvalue weighted by Gasteiger charge is -2.22. The van der Waals surface area contributed by atoms with E-state index in [2.05, 4.69) is 6.92 Å². The summed E-state index contributed by atoms with van der Waals surface area (Å²) in [5.74, 6) is -1.46. The lowest BCUT2D eigenvalue weighted by molar-refractivity contribution is -0.147. The standard InChI is InChI=1S/C10H20O3/c1-4-5-6-7(2)9(8(3)11)10(12)13/h7-9,11H,4-6H2,1-3H3,(H,12,13)/t7-,8+,9+/m0/s1. The molecule has 13 heavy (non-hydrogen) atoms. The summed E-state index contributed by atoms with van der Waals surface area (Å²) in [6.07, 6.45) is 2.20. The van der Waals surface area contributed by atoms with E-state index < -0.39 is 18.0 Å². The van der Waals surface area contributed by atoms with E-state index in [1.54, 1.807) is 6.92 Å². The molecule has 0 radical (unpaired) electrons. The molecule has 0 spiro atoms. The molecule has 0 fully saturated rings. The van der Waals surface area contributed by atoms with Crippen molar-refractivity contribution in [2.75, 3.05) is 0 Å². The van der Waals surface area contributed by atoms with Gasteiger partial charge < -0.3 is 10.2 Å². The molecule has 0 aromatic carbocycles. The monoisotopic (exact) mass is 188 g/mol. The Bertz CT molecular complexity index is 154. The van der Waals surface area contributed by atoms with Crippen LogP contribution in [0.15, 0.2) is 0 Å². The van der Waals surface area contributed by atoms with E-state index in [0.29, 0.717) is 0 Å². The summed E-state index contributed by atoms with van der Waals surface area (Å²) in [5.41, 5.74) is 0. The summed E-state index contributed by atoms with van der Waals surface area (Å²) in [4.78, 5) is 10.8. The molecule has 78 valence electrons. The molecule has 0 heterocycles. The first-order valence-electron chi connectivity index (χ1n) is 4.91. The minimum absolute atomic E-state index is 0.0532. The molecular formula is C10H20O3. The van der Waals surface area contributed by atoms with Crippen LogP contribution in [0.5, 0.6) is 0 Å². The smallest absolute Gasteiger partial charge is 0.309 e. The second kappa shape index (κ2) is 5.97. The Labute approximate surface area is 79.8 Å². The predicted octanol–water partition coefficient (Wildman–Crippen LogP) is 1.89. The van der Waals surface area contributed by atoms with Crippen molar-refractivity contribution in [2.45, 2.75) is 46.1 Å². The number of hydrogen-bond donors (Lipinski definition) is 2. The molecule has 0 aliphatic heterocycles. The fourth-order valence-electron chi connectivity index (χ4n) is 1.63. The van der Waals surface area contributed by atoms with Gasteiger partial charge in [-0.1, -0.05) is 26.7 Å². The molecular weight excluding hydrogens is 168 g/mol. The Kier molecular flexibility index (Phi) is 5.71. The molecule has 0 bridgehead atoms. The van der Waals surface area contributed by atoms with Crippen molar-refractivity contribution in [3.8, 4) is 0 Å². The van der Waals surface area contributed by atoms with Crippen LogP contribution in [0, 0.1) is 11.8 Å². The molecule has 3 nitrogen and oxygen atoms in total. The van der Waals surface area contributed by atoms with Crippen molar-refractivity contribution in [3.05, 3.63) is 0 Å². The van der Waals surface area contributed by atoms with Crippen LogP contribution < -0.4 is 0 Å². The quantitative estimate of drug-likeness (QED) is 0.669. The van der Waals surface area contributed by atoms with Gasteiger partial charge in [-0.2, -0.15) is 0 Å². The number of carboxylic acid groups (broad SMARTS) is 1. The molecule has 3 heteroatoms. The minimum atomic E-state index is -0.890. The number of hydrogen-bond acceptors (Lipinski definition) is 2. The Morgan fingerprint density at radius 2 is 1.92 bits per heavy atom. The van der Waals surface area contributed by atoms with Gasteiger partial charge in [0.2, 0.25) is 0 Å². The third-order valence-electron chi connectivity index (χ3n) is 2.43. The Hall–Kier alpha value is -0.570. The highest BCUT2D eigenvalue weighted by atomic mass is 16.4. The third kappa shape index (κ3) is 4.27. The van der Waals surface area contributed by atoms with E-state index in [-0.39, 0.29) is 5.92 Å². The van der Waals surface area contributed by atoms with Gasteiger partial charge in [0.25, 0.3) is 0 Å². The number of unbranched alkanes of at least 4 members (excludes halogenated alkanes) is 1. The van der Waals surface area contributed by atoms with Gasteiger partial charge in [-0.15, -0.1) is 0 Å². The average Bonchev–Trinajstić information content (AvgIpc) is 1.99. The summed E-state index contributed by atoms with van der Waals surface area (Å²) in [5, 5.41) is 18.1. The molecule has 0 saturated heterocycles. The number of aliphatic hydroxyl groups is 1. The SMILES string of the molecule is CCCC[C@H](C)[C@@H](C(=O)O)[C@@H](C)O. The normalized spacial score (nSPS) is 17.8. The molecule has 0 saturated carbocycles. The van der Waals surface area contributed by atoms with Gasteiger partial charge in [0.1, 0.15) is 0 Å². The maximum absolute atomic E-state index is 10.8. The summed E-state index contributed by atoms with van der Waals surface area (Å²) >= 11 is 0. The minimum Gasteiger partial charge on any atom is -0.481 e. The van der Waals surface area contributed by atoms with Crippen LogP contribution in [-0.4, -0.2) is 22.3 Å². The summed E-state index contributed by atoms with van der Waals surface area (Å²) < 4.78 is 0. The van der Waals surface area contributed by atoms with E-state index in [9.17, 15) is 9.90 Å². The zero-order chi connectivity index (χ0) is 10.4. The Balaban J connectivity index is 4.12. The first kappa shape index (κ1) is 12.4. The Morgan fingerprint density at radius 3 is 2.23 bits per heavy atom. The van der Waals surface area contributed by atoms with Crippen molar-refractivity contribution in [3.63, 3.8) is 0 Å². The lowest BCUT2D eigenvalue weighted by atomic mass is 9.86. The topological polar surface area (TPSA) is 57.5 Å². The highest BCUT2D eigenvalue weighted by molar-refractivity contribution is 5.70. The fraction of sp³-hybridized carbons (Fsp3) is 0.900. The van der Waals surface area contributed by atoms with Gasteiger partial charge in [0.15, 0.2) is 0 Å². The molecule has 0 aliphatic rings. The number of aliphatic carboxylic acids is 1. The van der Waals surface area contributed by atoms with Crippen LogP contribution in [0.4, 0.5) is 0 Å². The number of aliphatic hydroxyl groups excluding tert-OH is 1. The third-order valence-corrected chi connectivity index (χ3v) is 2.43. The molecule has 0 unspecified atom stereocenters. The van der Waals surface area contributed by atoms with Crippen LogP contribution in [0.25, 0.3) is 0 Å². The van der Waals surface area contributed by atoms with Crippen LogP contribution in [0.3, 0.4) is 0 Å². The highest BCUT2D eigenvalue weighted by Crippen LogP contribution is 2.21. The molecule has 2 N–H and O–H groups in total. The number of carboxylic acids is 1. The molecule has 3 atom stereocenters. The van der Waals surface area contributed by atoms with Crippen molar-refractivity contribution in [2.24, 2.45) is 11.8 Å². The van der Waals surface area contributed by atoms with Crippen LogP contribution in [0.2, 0.25) is 0 Å². The first-order valence-corrected chi connectivity index (χ1v) is 4.91.